The Labute approximate surface area is 160 Å². The fourth-order valence-corrected chi connectivity index (χ4v) is 3.11. The number of likely N-dealkylation sites (N-methyl/N-ethyl adjacent to an activating group) is 1. The first-order valence-corrected chi connectivity index (χ1v) is 9.39. The number of nitrogens with zero attached hydrogens (tertiary/aromatic N) is 1. The van der Waals surface area contributed by atoms with Crippen molar-refractivity contribution < 1.29 is 9.47 Å². The number of fused-ring (bicyclic) bond motifs is 1. The van der Waals surface area contributed by atoms with Crippen molar-refractivity contribution in [3.05, 3.63) is 65.7 Å². The number of rotatable bonds is 8. The first-order chi connectivity index (χ1) is 12.7. The van der Waals surface area contributed by atoms with Crippen molar-refractivity contribution in [1.29, 1.82) is 0 Å². The van der Waals surface area contributed by atoms with Gasteiger partial charge in [0.15, 0.2) is 0 Å². The van der Waals surface area contributed by atoms with E-state index in [1.54, 1.807) is 0 Å². The zero-order valence-electron chi connectivity index (χ0n) is 15.2. The van der Waals surface area contributed by atoms with Crippen molar-refractivity contribution in [2.75, 3.05) is 26.2 Å². The topological polar surface area (TPSA) is 21.7 Å². The molecule has 0 atom stereocenters. The molecule has 3 aromatic rings. The SMILES string of the molecule is CCN(CC)CCOc1ccc(Oc2ccc(Cl)c3ccccc23)cc1. The summed E-state index contributed by atoms with van der Waals surface area (Å²) in [5.41, 5.74) is 0. The average molecular weight is 370 g/mol. The van der Waals surface area contributed by atoms with E-state index in [0.29, 0.717) is 6.61 Å². The van der Waals surface area contributed by atoms with Crippen molar-refractivity contribution in [3.63, 3.8) is 0 Å². The molecule has 0 aliphatic carbocycles. The van der Waals surface area contributed by atoms with E-state index in [1.807, 2.05) is 60.7 Å². The second-order valence-corrected chi connectivity index (χ2v) is 6.45. The highest BCUT2D eigenvalue weighted by Crippen LogP contribution is 2.34. The Hall–Kier alpha value is -2.23. The van der Waals surface area contributed by atoms with E-state index in [9.17, 15) is 0 Å². The quantitative estimate of drug-likeness (QED) is 0.485. The van der Waals surface area contributed by atoms with Crippen LogP contribution in [0.15, 0.2) is 60.7 Å². The molecule has 0 spiro atoms. The molecule has 0 aliphatic heterocycles. The van der Waals surface area contributed by atoms with Gasteiger partial charge in [0, 0.05) is 22.3 Å². The van der Waals surface area contributed by atoms with Crippen LogP contribution in [0.25, 0.3) is 10.8 Å². The summed E-state index contributed by atoms with van der Waals surface area (Å²) in [7, 11) is 0. The highest BCUT2D eigenvalue weighted by molar-refractivity contribution is 6.35. The fourth-order valence-electron chi connectivity index (χ4n) is 2.89. The largest absolute Gasteiger partial charge is 0.492 e. The third-order valence-corrected chi connectivity index (χ3v) is 4.78. The van der Waals surface area contributed by atoms with Crippen molar-refractivity contribution in [3.8, 4) is 17.2 Å². The van der Waals surface area contributed by atoms with Gasteiger partial charge in [0.05, 0.1) is 0 Å². The van der Waals surface area contributed by atoms with E-state index in [4.69, 9.17) is 21.1 Å². The van der Waals surface area contributed by atoms with Crippen LogP contribution in [0.5, 0.6) is 17.2 Å². The maximum Gasteiger partial charge on any atom is 0.135 e. The Morgan fingerprint density at radius 1 is 0.808 bits per heavy atom. The Balaban J connectivity index is 1.66. The zero-order valence-corrected chi connectivity index (χ0v) is 16.0. The van der Waals surface area contributed by atoms with Gasteiger partial charge in [0.25, 0.3) is 0 Å². The Morgan fingerprint density at radius 2 is 1.46 bits per heavy atom. The summed E-state index contributed by atoms with van der Waals surface area (Å²) in [6.07, 6.45) is 0. The van der Waals surface area contributed by atoms with E-state index in [0.717, 1.165) is 52.7 Å². The minimum absolute atomic E-state index is 0.684. The molecule has 3 aromatic carbocycles. The molecule has 0 bridgehead atoms. The maximum atomic E-state index is 6.27. The summed E-state index contributed by atoms with van der Waals surface area (Å²) in [4.78, 5) is 2.34. The molecule has 26 heavy (non-hydrogen) atoms. The molecule has 0 radical (unpaired) electrons. The lowest BCUT2D eigenvalue weighted by Crippen LogP contribution is -2.27. The maximum absolute atomic E-state index is 6.27. The molecule has 0 saturated heterocycles. The molecular weight excluding hydrogens is 346 g/mol. The summed E-state index contributed by atoms with van der Waals surface area (Å²) in [5.74, 6) is 2.42. The monoisotopic (exact) mass is 369 g/mol. The molecule has 0 heterocycles. The first-order valence-electron chi connectivity index (χ1n) is 9.01. The van der Waals surface area contributed by atoms with Gasteiger partial charge in [-0.1, -0.05) is 49.7 Å². The van der Waals surface area contributed by atoms with Gasteiger partial charge in [-0.15, -0.1) is 0 Å². The molecular formula is C22H24ClNO2. The molecule has 0 amide bonds. The Bertz CT molecular complexity index is 844. The molecule has 0 unspecified atom stereocenters. The number of hydrogen-bond donors (Lipinski definition) is 0. The third-order valence-electron chi connectivity index (χ3n) is 4.45. The third kappa shape index (κ3) is 4.48. The van der Waals surface area contributed by atoms with Crippen LogP contribution in [0, 0.1) is 0 Å². The van der Waals surface area contributed by atoms with Gasteiger partial charge in [0.2, 0.25) is 0 Å². The van der Waals surface area contributed by atoms with Gasteiger partial charge in [-0.3, -0.25) is 0 Å². The van der Waals surface area contributed by atoms with Gasteiger partial charge >= 0.3 is 0 Å². The van der Waals surface area contributed by atoms with Crippen molar-refractivity contribution in [2.24, 2.45) is 0 Å². The molecule has 0 fully saturated rings. The molecule has 0 saturated carbocycles. The molecule has 3 rings (SSSR count). The van der Waals surface area contributed by atoms with Gasteiger partial charge in [-0.05, 0) is 49.5 Å². The smallest absolute Gasteiger partial charge is 0.135 e. The average Bonchev–Trinajstić information content (AvgIpc) is 2.69. The number of ether oxygens (including phenoxy) is 2. The van der Waals surface area contributed by atoms with Gasteiger partial charge in [-0.25, -0.2) is 0 Å². The lowest BCUT2D eigenvalue weighted by atomic mass is 10.1. The van der Waals surface area contributed by atoms with Crippen molar-refractivity contribution in [2.45, 2.75) is 13.8 Å². The second kappa shape index (κ2) is 8.93. The standard InChI is InChI=1S/C22H24ClNO2/c1-3-24(4-2)15-16-25-17-9-11-18(12-10-17)26-22-14-13-21(23)19-7-5-6-8-20(19)22/h5-14H,3-4,15-16H2,1-2H3. The molecule has 4 heteroatoms. The van der Waals surface area contributed by atoms with Crippen LogP contribution in [0.1, 0.15) is 13.8 Å². The van der Waals surface area contributed by atoms with Crippen LogP contribution >= 0.6 is 11.6 Å². The van der Waals surface area contributed by atoms with E-state index in [-0.39, 0.29) is 0 Å². The van der Waals surface area contributed by atoms with Crippen LogP contribution in [-0.4, -0.2) is 31.1 Å². The van der Waals surface area contributed by atoms with Crippen LogP contribution in [0.4, 0.5) is 0 Å². The minimum atomic E-state index is 0.684. The number of halogens is 1. The Kier molecular flexibility index (Phi) is 6.37. The molecule has 0 aliphatic rings. The number of benzene rings is 3. The van der Waals surface area contributed by atoms with E-state index < -0.39 is 0 Å². The lowest BCUT2D eigenvalue weighted by molar-refractivity contribution is 0.222. The summed E-state index contributed by atoms with van der Waals surface area (Å²) >= 11 is 6.27. The Morgan fingerprint density at radius 3 is 2.15 bits per heavy atom. The van der Waals surface area contributed by atoms with Gasteiger partial charge in [0.1, 0.15) is 23.9 Å². The summed E-state index contributed by atoms with van der Waals surface area (Å²) < 4.78 is 11.9. The second-order valence-electron chi connectivity index (χ2n) is 6.04. The zero-order chi connectivity index (χ0) is 18.4. The molecule has 3 nitrogen and oxygen atoms in total. The van der Waals surface area contributed by atoms with E-state index in [1.165, 1.54) is 0 Å². The minimum Gasteiger partial charge on any atom is -0.492 e. The van der Waals surface area contributed by atoms with E-state index in [2.05, 4.69) is 18.7 Å². The van der Waals surface area contributed by atoms with Crippen LogP contribution in [0.2, 0.25) is 5.02 Å². The number of hydrogen-bond acceptors (Lipinski definition) is 3. The predicted octanol–water partition coefficient (Wildman–Crippen LogP) is 6.01. The predicted molar refractivity (Wildman–Crippen MR) is 109 cm³/mol. The van der Waals surface area contributed by atoms with Gasteiger partial charge in [-0.2, -0.15) is 0 Å². The summed E-state index contributed by atoms with van der Waals surface area (Å²) in [6.45, 7) is 8.03. The van der Waals surface area contributed by atoms with E-state index >= 15 is 0 Å². The fraction of sp³-hybridized carbons (Fsp3) is 0.273. The highest BCUT2D eigenvalue weighted by Gasteiger charge is 2.07. The normalized spacial score (nSPS) is 11.1. The summed E-state index contributed by atoms with van der Waals surface area (Å²) in [6, 6.07) is 19.5. The van der Waals surface area contributed by atoms with Crippen LogP contribution < -0.4 is 9.47 Å². The lowest BCUT2D eigenvalue weighted by Gasteiger charge is -2.18. The highest BCUT2D eigenvalue weighted by atomic mass is 35.5. The molecule has 0 N–H and O–H groups in total. The van der Waals surface area contributed by atoms with Crippen LogP contribution in [-0.2, 0) is 0 Å². The molecule has 0 aromatic heterocycles. The van der Waals surface area contributed by atoms with Crippen LogP contribution in [0.3, 0.4) is 0 Å². The summed E-state index contributed by atoms with van der Waals surface area (Å²) in [5, 5.41) is 2.72. The van der Waals surface area contributed by atoms with Crippen molar-refractivity contribution in [1.82, 2.24) is 4.90 Å². The first kappa shape index (κ1) is 18.6. The van der Waals surface area contributed by atoms with Crippen molar-refractivity contribution >= 4 is 22.4 Å². The van der Waals surface area contributed by atoms with Gasteiger partial charge < -0.3 is 14.4 Å². The molecule has 136 valence electrons.